The maximum absolute atomic E-state index is 13.2. The van der Waals surface area contributed by atoms with E-state index in [1.807, 2.05) is 36.4 Å². The zero-order valence-corrected chi connectivity index (χ0v) is 16.6. The summed E-state index contributed by atoms with van der Waals surface area (Å²) < 4.78 is 31.1. The number of hydrogen-bond donors (Lipinski definition) is 0. The summed E-state index contributed by atoms with van der Waals surface area (Å²) in [7, 11) is -3.40. The average molecular weight is 400 g/mol. The summed E-state index contributed by atoms with van der Waals surface area (Å²) in [5.74, 6) is 0. The van der Waals surface area contributed by atoms with Crippen molar-refractivity contribution in [2.75, 3.05) is 6.54 Å². The number of carbonyl (C=O) groups is 1. The fraction of sp³-hybridized carbons (Fsp3) is 0.409. The van der Waals surface area contributed by atoms with Crippen molar-refractivity contribution >= 4 is 15.9 Å². The molecule has 2 aromatic rings. The summed E-state index contributed by atoms with van der Waals surface area (Å²) in [5, 5.41) is 0. The number of hydrogen-bond acceptors (Lipinski definition) is 4. The Kier molecular flexibility index (Phi) is 5.15. The largest absolute Gasteiger partial charge is 0.445 e. The van der Waals surface area contributed by atoms with Crippen molar-refractivity contribution < 1.29 is 17.9 Å². The van der Waals surface area contributed by atoms with Crippen LogP contribution >= 0.6 is 0 Å². The highest BCUT2D eigenvalue weighted by Crippen LogP contribution is 2.51. The van der Waals surface area contributed by atoms with E-state index in [2.05, 4.69) is 0 Å². The lowest BCUT2D eigenvalue weighted by atomic mass is 10.1. The minimum absolute atomic E-state index is 0.0794. The lowest BCUT2D eigenvalue weighted by Crippen LogP contribution is -2.40. The molecule has 0 spiro atoms. The lowest BCUT2D eigenvalue weighted by molar-refractivity contribution is 0.0904. The summed E-state index contributed by atoms with van der Waals surface area (Å²) in [6, 6.07) is 18.2. The summed E-state index contributed by atoms with van der Waals surface area (Å²) in [5.41, 5.74) is 0.942. The molecule has 1 saturated heterocycles. The molecule has 1 heterocycles. The van der Waals surface area contributed by atoms with Gasteiger partial charge in [0, 0.05) is 12.6 Å². The number of sulfone groups is 1. The Morgan fingerprint density at radius 1 is 1.04 bits per heavy atom. The highest BCUT2D eigenvalue weighted by atomic mass is 32.2. The van der Waals surface area contributed by atoms with Crippen molar-refractivity contribution in [2.24, 2.45) is 0 Å². The van der Waals surface area contributed by atoms with Crippen molar-refractivity contribution in [3.8, 4) is 0 Å². The van der Waals surface area contributed by atoms with Crippen LogP contribution in [0.2, 0.25) is 0 Å². The first-order valence-electron chi connectivity index (χ1n) is 9.79. The fourth-order valence-electron chi connectivity index (χ4n) is 4.09. The molecule has 1 aliphatic heterocycles. The maximum Gasteiger partial charge on any atom is 0.410 e. The van der Waals surface area contributed by atoms with Gasteiger partial charge in [-0.25, -0.2) is 13.2 Å². The van der Waals surface area contributed by atoms with E-state index in [1.165, 1.54) is 0 Å². The molecule has 0 radical (unpaired) electrons. The van der Waals surface area contributed by atoms with Crippen LogP contribution in [0.25, 0.3) is 0 Å². The van der Waals surface area contributed by atoms with Gasteiger partial charge < -0.3 is 9.64 Å². The summed E-state index contributed by atoms with van der Waals surface area (Å²) in [6.07, 6.45) is 3.17. The molecule has 148 valence electrons. The quantitative estimate of drug-likeness (QED) is 0.731. The van der Waals surface area contributed by atoms with Gasteiger partial charge in [-0.3, -0.25) is 0 Å². The Labute approximate surface area is 166 Å². The van der Waals surface area contributed by atoms with Crippen molar-refractivity contribution in [1.29, 1.82) is 0 Å². The van der Waals surface area contributed by atoms with Crippen molar-refractivity contribution in [2.45, 2.75) is 54.4 Å². The Hall–Kier alpha value is -2.34. The van der Waals surface area contributed by atoms with E-state index in [0.717, 1.165) is 18.4 Å². The van der Waals surface area contributed by atoms with Gasteiger partial charge in [0.1, 0.15) is 6.61 Å². The van der Waals surface area contributed by atoms with Crippen molar-refractivity contribution in [3.05, 3.63) is 66.2 Å². The number of carbonyl (C=O) groups excluding carboxylic acids is 1. The van der Waals surface area contributed by atoms with E-state index in [9.17, 15) is 13.2 Å². The van der Waals surface area contributed by atoms with Crippen LogP contribution in [0.5, 0.6) is 0 Å². The van der Waals surface area contributed by atoms with Gasteiger partial charge >= 0.3 is 6.09 Å². The second-order valence-corrected chi connectivity index (χ2v) is 10.1. The molecule has 0 bridgehead atoms. The Morgan fingerprint density at radius 3 is 2.32 bits per heavy atom. The molecule has 2 aromatic carbocycles. The molecule has 4 rings (SSSR count). The highest BCUT2D eigenvalue weighted by molar-refractivity contribution is 7.93. The van der Waals surface area contributed by atoms with Crippen LogP contribution in [-0.2, 0) is 21.2 Å². The zero-order chi connectivity index (χ0) is 19.6. The molecule has 6 heteroatoms. The third kappa shape index (κ3) is 3.65. The van der Waals surface area contributed by atoms with Crippen LogP contribution < -0.4 is 0 Å². The second-order valence-electron chi connectivity index (χ2n) is 7.73. The first kappa shape index (κ1) is 19.0. The van der Waals surface area contributed by atoms with Crippen LogP contribution in [0, 0.1) is 0 Å². The molecule has 1 atom stereocenters. The summed E-state index contributed by atoms with van der Waals surface area (Å²) >= 11 is 0. The minimum Gasteiger partial charge on any atom is -0.445 e. The SMILES string of the molecule is O=C(OCc1ccccc1)N1CCCC1CC1(S(=O)(=O)c2ccccc2)CC1. The summed E-state index contributed by atoms with van der Waals surface area (Å²) in [6.45, 7) is 0.857. The molecule has 1 aliphatic carbocycles. The van der Waals surface area contributed by atoms with Crippen LogP contribution in [-0.4, -0.2) is 36.7 Å². The standard InChI is InChI=1S/C22H25NO4S/c24-21(27-17-18-8-3-1-4-9-18)23-15-7-10-19(23)16-22(13-14-22)28(25,26)20-11-5-2-6-12-20/h1-6,8-9,11-12,19H,7,10,13-17H2. The van der Waals surface area contributed by atoms with E-state index in [0.29, 0.717) is 30.7 Å². The maximum atomic E-state index is 13.2. The van der Waals surface area contributed by atoms with Gasteiger partial charge in [-0.05, 0) is 49.8 Å². The third-order valence-corrected chi connectivity index (χ3v) is 8.46. The van der Waals surface area contributed by atoms with E-state index in [1.54, 1.807) is 29.2 Å². The lowest BCUT2D eigenvalue weighted by Gasteiger charge is -2.28. The fourth-order valence-corrected chi connectivity index (χ4v) is 6.16. The molecular formula is C22H25NO4S. The number of rotatable bonds is 6. The average Bonchev–Trinajstić information content (AvgIpc) is 3.38. The van der Waals surface area contributed by atoms with Gasteiger partial charge in [0.05, 0.1) is 9.64 Å². The first-order chi connectivity index (χ1) is 13.5. The predicted octanol–water partition coefficient (Wildman–Crippen LogP) is 4.18. The Bertz CT molecular complexity index is 924. The number of likely N-dealkylation sites (tertiary alicyclic amines) is 1. The van der Waals surface area contributed by atoms with Gasteiger partial charge in [0.25, 0.3) is 0 Å². The van der Waals surface area contributed by atoms with Crippen LogP contribution in [0.4, 0.5) is 4.79 Å². The minimum atomic E-state index is -3.40. The number of benzene rings is 2. The van der Waals surface area contributed by atoms with Crippen molar-refractivity contribution in [1.82, 2.24) is 4.90 Å². The van der Waals surface area contributed by atoms with Gasteiger partial charge in [0.15, 0.2) is 9.84 Å². The third-order valence-electron chi connectivity index (χ3n) is 5.86. The Morgan fingerprint density at radius 2 is 1.68 bits per heavy atom. The van der Waals surface area contributed by atoms with Gasteiger partial charge in [-0.15, -0.1) is 0 Å². The molecular weight excluding hydrogens is 374 g/mol. The van der Waals surface area contributed by atoms with E-state index < -0.39 is 14.6 Å². The molecule has 1 unspecified atom stereocenters. The normalized spacial score (nSPS) is 20.7. The second kappa shape index (κ2) is 7.59. The van der Waals surface area contributed by atoms with Crippen LogP contribution in [0.3, 0.4) is 0 Å². The molecule has 2 aliphatic rings. The smallest absolute Gasteiger partial charge is 0.410 e. The monoisotopic (exact) mass is 399 g/mol. The number of amides is 1. The predicted molar refractivity (Wildman–Crippen MR) is 107 cm³/mol. The van der Waals surface area contributed by atoms with Gasteiger partial charge in [0.2, 0.25) is 0 Å². The Balaban J connectivity index is 1.43. The van der Waals surface area contributed by atoms with Crippen LogP contribution in [0.1, 0.15) is 37.7 Å². The topological polar surface area (TPSA) is 63.7 Å². The molecule has 28 heavy (non-hydrogen) atoms. The summed E-state index contributed by atoms with van der Waals surface area (Å²) in [4.78, 5) is 14.7. The van der Waals surface area contributed by atoms with E-state index >= 15 is 0 Å². The molecule has 0 aromatic heterocycles. The molecule has 1 saturated carbocycles. The molecule has 2 fully saturated rings. The molecule has 0 N–H and O–H groups in total. The van der Waals surface area contributed by atoms with Gasteiger partial charge in [-0.2, -0.15) is 0 Å². The molecule has 5 nitrogen and oxygen atoms in total. The first-order valence-corrected chi connectivity index (χ1v) is 11.3. The van der Waals surface area contributed by atoms with E-state index in [4.69, 9.17) is 4.74 Å². The molecule has 1 amide bonds. The van der Waals surface area contributed by atoms with Gasteiger partial charge in [-0.1, -0.05) is 48.5 Å². The zero-order valence-electron chi connectivity index (χ0n) is 15.8. The van der Waals surface area contributed by atoms with Crippen molar-refractivity contribution in [3.63, 3.8) is 0 Å². The van der Waals surface area contributed by atoms with E-state index in [-0.39, 0.29) is 18.7 Å². The number of nitrogens with zero attached hydrogens (tertiary/aromatic N) is 1. The highest BCUT2D eigenvalue weighted by Gasteiger charge is 2.56. The van der Waals surface area contributed by atoms with Crippen LogP contribution in [0.15, 0.2) is 65.6 Å². The number of ether oxygens (including phenoxy) is 1.